The second-order valence-corrected chi connectivity index (χ2v) is 13.1. The minimum Gasteiger partial charge on any atom is -0.497 e. The molecular formula is C34H45F2N3O6. The van der Waals surface area contributed by atoms with Crippen LogP contribution in [0.1, 0.15) is 83.3 Å². The summed E-state index contributed by atoms with van der Waals surface area (Å²) in [6.45, 7) is 7.13. The van der Waals surface area contributed by atoms with Crippen molar-refractivity contribution in [1.29, 1.82) is 0 Å². The van der Waals surface area contributed by atoms with Gasteiger partial charge in [-0.3, -0.25) is 4.79 Å². The largest absolute Gasteiger partial charge is 0.497 e. The van der Waals surface area contributed by atoms with Crippen LogP contribution in [0.4, 0.5) is 13.6 Å². The lowest BCUT2D eigenvalue weighted by atomic mass is 9.93. The normalized spacial score (nSPS) is 29.2. The third kappa shape index (κ3) is 6.58. The molecular weight excluding hydrogens is 584 g/mol. The van der Waals surface area contributed by atoms with Gasteiger partial charge in [0.1, 0.15) is 30.3 Å². The van der Waals surface area contributed by atoms with Gasteiger partial charge in [0.05, 0.1) is 30.8 Å². The van der Waals surface area contributed by atoms with Crippen LogP contribution in [0.3, 0.4) is 0 Å². The van der Waals surface area contributed by atoms with Crippen molar-refractivity contribution in [3.63, 3.8) is 0 Å². The Balaban J connectivity index is 1.60. The highest BCUT2D eigenvalue weighted by Crippen LogP contribution is 2.45. The number of alkyl carbamates (subject to hydrolysis) is 1. The fourth-order valence-corrected chi connectivity index (χ4v) is 7.47. The molecule has 1 saturated carbocycles. The molecule has 9 nitrogen and oxygen atoms in total. The summed E-state index contributed by atoms with van der Waals surface area (Å²) in [7, 11) is 1.52. The number of nitrogens with one attached hydrogen (secondary N) is 1. The summed E-state index contributed by atoms with van der Waals surface area (Å²) < 4.78 is 50.2. The molecule has 2 fully saturated rings. The van der Waals surface area contributed by atoms with E-state index in [0.29, 0.717) is 54.2 Å². The second-order valence-electron chi connectivity index (χ2n) is 13.1. The number of methoxy groups -OCH3 is 1. The summed E-state index contributed by atoms with van der Waals surface area (Å²) in [4.78, 5) is 45.5. The van der Waals surface area contributed by atoms with Gasteiger partial charge in [0.25, 0.3) is 5.92 Å². The summed E-state index contributed by atoms with van der Waals surface area (Å²) in [6, 6.07) is 3.32. The van der Waals surface area contributed by atoms with E-state index in [2.05, 4.69) is 10.3 Å². The van der Waals surface area contributed by atoms with Crippen LogP contribution in [-0.4, -0.2) is 66.1 Å². The van der Waals surface area contributed by atoms with Gasteiger partial charge in [-0.1, -0.05) is 27.2 Å². The maximum Gasteiger partial charge on any atom is 0.408 e. The molecule has 0 radical (unpaired) electrons. The quantitative estimate of drug-likeness (QED) is 0.395. The predicted molar refractivity (Wildman–Crippen MR) is 165 cm³/mol. The Morgan fingerprint density at radius 1 is 1.13 bits per heavy atom. The first-order valence-electron chi connectivity index (χ1n) is 16.2. The number of carbonyl (C=O) groups excluding carboxylic acids is 3. The van der Waals surface area contributed by atoms with Gasteiger partial charge in [-0.15, -0.1) is 0 Å². The Labute approximate surface area is 263 Å². The van der Waals surface area contributed by atoms with Crippen molar-refractivity contribution < 1.29 is 37.4 Å². The second kappa shape index (κ2) is 13.5. The van der Waals surface area contributed by atoms with E-state index in [1.807, 2.05) is 20.8 Å². The van der Waals surface area contributed by atoms with Crippen molar-refractivity contribution >= 4 is 29.2 Å². The van der Waals surface area contributed by atoms with Gasteiger partial charge in [0.2, 0.25) is 11.8 Å². The number of pyridine rings is 1. The van der Waals surface area contributed by atoms with E-state index in [4.69, 9.17) is 14.2 Å². The van der Waals surface area contributed by atoms with Crippen molar-refractivity contribution in [3.05, 3.63) is 29.3 Å². The minimum atomic E-state index is -3.25. The smallest absolute Gasteiger partial charge is 0.408 e. The van der Waals surface area contributed by atoms with Crippen LogP contribution in [0.15, 0.2) is 18.2 Å². The molecule has 5 rings (SSSR count). The number of hydrogen-bond acceptors (Lipinski definition) is 7. The number of rotatable bonds is 4. The monoisotopic (exact) mass is 629 g/mol. The number of halogens is 2. The van der Waals surface area contributed by atoms with Gasteiger partial charge in [-0.2, -0.15) is 0 Å². The highest BCUT2D eigenvalue weighted by Gasteiger charge is 2.48. The Morgan fingerprint density at radius 2 is 1.89 bits per heavy atom. The maximum absolute atomic E-state index is 16.3. The molecule has 1 saturated heterocycles. The van der Waals surface area contributed by atoms with Crippen molar-refractivity contribution in [3.8, 4) is 11.6 Å². The van der Waals surface area contributed by atoms with Crippen LogP contribution >= 0.6 is 0 Å². The Morgan fingerprint density at radius 3 is 2.58 bits per heavy atom. The van der Waals surface area contributed by atoms with E-state index in [9.17, 15) is 14.4 Å². The molecule has 1 aromatic carbocycles. The van der Waals surface area contributed by atoms with Gasteiger partial charge < -0.3 is 29.2 Å². The fourth-order valence-electron chi connectivity index (χ4n) is 7.47. The maximum atomic E-state index is 16.3. The van der Waals surface area contributed by atoms with Gasteiger partial charge in [-0.05, 0) is 75.0 Å². The molecule has 6 atom stereocenters. The van der Waals surface area contributed by atoms with Crippen LogP contribution in [0.5, 0.6) is 11.6 Å². The molecule has 0 spiro atoms. The Bertz CT molecular complexity index is 1420. The topological polar surface area (TPSA) is 107 Å². The molecule has 2 aliphatic heterocycles. The molecule has 3 heterocycles. The van der Waals surface area contributed by atoms with E-state index in [1.54, 1.807) is 25.1 Å². The van der Waals surface area contributed by atoms with Crippen molar-refractivity contribution in [2.75, 3.05) is 13.7 Å². The predicted octanol–water partition coefficient (Wildman–Crippen LogP) is 6.32. The number of fused-ring (bicyclic) bond motifs is 5. The number of hydrogen-bond donors (Lipinski definition) is 1. The van der Waals surface area contributed by atoms with Gasteiger partial charge in [-0.25, -0.2) is 18.6 Å². The van der Waals surface area contributed by atoms with E-state index >= 15 is 8.78 Å². The number of nitrogens with zero attached hydrogens (tertiary/aromatic N) is 2. The average molecular weight is 630 g/mol. The summed E-state index contributed by atoms with van der Waals surface area (Å²) in [6.07, 6.45) is 2.89. The molecule has 1 aliphatic carbocycles. The first-order valence-corrected chi connectivity index (χ1v) is 16.2. The van der Waals surface area contributed by atoms with Gasteiger partial charge >= 0.3 is 6.09 Å². The lowest BCUT2D eigenvalue weighted by Gasteiger charge is -2.30. The van der Waals surface area contributed by atoms with Gasteiger partial charge in [0.15, 0.2) is 0 Å². The number of ether oxygens (including phenoxy) is 3. The number of aromatic nitrogens is 1. The zero-order valence-corrected chi connectivity index (χ0v) is 26.8. The van der Waals surface area contributed by atoms with E-state index in [-0.39, 0.29) is 42.3 Å². The molecule has 2 amide bonds. The molecule has 3 aliphatic rings. The van der Waals surface area contributed by atoms with Crippen LogP contribution < -0.4 is 14.8 Å². The van der Waals surface area contributed by atoms with Crippen LogP contribution in [0.2, 0.25) is 0 Å². The molecule has 2 aromatic rings. The summed E-state index contributed by atoms with van der Waals surface area (Å²) in [5.74, 6) is -4.06. The lowest BCUT2D eigenvalue weighted by molar-refractivity contribution is -0.138. The van der Waals surface area contributed by atoms with E-state index < -0.39 is 48.4 Å². The SMILES string of the molecule is CC[C@@H]1[C@@H]2CN(C(=O)[C@H](C(C)C)NC(=O)O[C@@H]3CCC[C@H]3CCCCC(F)(F)c3c(nc4cc(OC)ccc4c3C)O2)[C@@H]1C=O. The molecule has 0 unspecified atom stereocenters. The summed E-state index contributed by atoms with van der Waals surface area (Å²) in [5, 5.41) is 3.35. The third-order valence-corrected chi connectivity index (χ3v) is 9.96. The average Bonchev–Trinajstić information content (AvgIpc) is 3.59. The molecule has 2 bridgehead atoms. The number of amides is 2. The molecule has 1 N–H and O–H groups in total. The number of alkyl halides is 2. The number of carbonyl (C=O) groups is 3. The standard InChI is InChI=1S/C34H45F2N3O6/c1-6-23-26(18-40)39-17-28(23)44-31-29(20(4)24-14-13-22(43-5)16-25(24)37-31)34(35,36)15-8-7-10-21-11-9-12-27(21)45-33(42)38-30(19(2)3)32(39)41/h13-14,16,18-19,21,23,26-28,30H,6-12,15,17H2,1-5H3,(H,38,42)/t21-,23+,26-,27-,28+,30+/m1/s1. The van der Waals surface area contributed by atoms with Gasteiger partial charge in [0, 0.05) is 23.8 Å². The van der Waals surface area contributed by atoms with Crippen molar-refractivity contribution in [1.82, 2.24) is 15.2 Å². The highest BCUT2D eigenvalue weighted by atomic mass is 19.3. The van der Waals surface area contributed by atoms with Crippen LogP contribution in [0, 0.1) is 24.7 Å². The molecule has 11 heteroatoms. The Kier molecular flexibility index (Phi) is 9.84. The lowest BCUT2D eigenvalue weighted by Crippen LogP contribution is -2.53. The molecule has 1 aromatic heterocycles. The fraction of sp³-hybridized carbons (Fsp3) is 0.647. The van der Waals surface area contributed by atoms with Crippen LogP contribution in [0.25, 0.3) is 10.9 Å². The number of aldehydes is 1. The molecule has 45 heavy (non-hydrogen) atoms. The first kappa shape index (κ1) is 32.9. The number of aryl methyl sites for hydroxylation is 1. The third-order valence-electron chi connectivity index (χ3n) is 9.96. The van der Waals surface area contributed by atoms with Crippen molar-refractivity contribution in [2.45, 2.75) is 109 Å². The number of benzene rings is 1. The Hall–Kier alpha value is -3.50. The van der Waals surface area contributed by atoms with Crippen molar-refractivity contribution in [2.24, 2.45) is 17.8 Å². The summed E-state index contributed by atoms with van der Waals surface area (Å²) in [5.41, 5.74) is 0.553. The molecule has 246 valence electrons. The minimum absolute atomic E-state index is 0.0206. The van der Waals surface area contributed by atoms with E-state index in [1.165, 1.54) is 12.0 Å². The van der Waals surface area contributed by atoms with Crippen LogP contribution in [-0.2, 0) is 20.2 Å². The zero-order chi connectivity index (χ0) is 32.5. The van der Waals surface area contributed by atoms with E-state index in [0.717, 1.165) is 12.8 Å². The zero-order valence-electron chi connectivity index (χ0n) is 26.8. The first-order chi connectivity index (χ1) is 21.5. The summed E-state index contributed by atoms with van der Waals surface area (Å²) >= 11 is 0. The highest BCUT2D eigenvalue weighted by molar-refractivity contribution is 5.89.